The number of benzene rings is 2. The van der Waals surface area contributed by atoms with Crippen molar-refractivity contribution in [3.8, 4) is 28.4 Å². The summed E-state index contributed by atoms with van der Waals surface area (Å²) < 4.78 is 6.90. The predicted molar refractivity (Wildman–Crippen MR) is 120 cm³/mol. The van der Waals surface area contributed by atoms with Crippen LogP contribution in [0.5, 0.6) is 5.75 Å². The van der Waals surface area contributed by atoms with Crippen LogP contribution in [-0.4, -0.2) is 37.8 Å². The van der Waals surface area contributed by atoms with Gasteiger partial charge in [-0.1, -0.05) is 18.2 Å². The molecule has 0 aliphatic carbocycles. The maximum atomic E-state index is 12.7. The van der Waals surface area contributed by atoms with Gasteiger partial charge in [-0.25, -0.2) is 0 Å². The summed E-state index contributed by atoms with van der Waals surface area (Å²) in [6.45, 7) is 0. The number of rotatable bonds is 5. The van der Waals surface area contributed by atoms with Gasteiger partial charge in [0.25, 0.3) is 5.91 Å². The lowest BCUT2D eigenvalue weighted by atomic mass is 10.1. The molecule has 0 aliphatic heterocycles. The van der Waals surface area contributed by atoms with E-state index >= 15 is 0 Å². The maximum absolute atomic E-state index is 12.7. The number of nitrogens with zero attached hydrogens (tertiary/aromatic N) is 5. The minimum Gasteiger partial charge on any atom is -0.497 e. The Morgan fingerprint density at radius 3 is 2.59 bits per heavy atom. The Bertz CT molecular complexity index is 1410. The molecule has 0 fully saturated rings. The van der Waals surface area contributed by atoms with Gasteiger partial charge in [0.2, 0.25) is 0 Å². The second-order valence-corrected chi connectivity index (χ2v) is 7.01. The number of hydrogen-bond donors (Lipinski definition) is 1. The fourth-order valence-corrected chi connectivity index (χ4v) is 3.35. The molecule has 8 heteroatoms. The van der Waals surface area contributed by atoms with Crippen LogP contribution in [0.2, 0.25) is 0 Å². The number of hydrogen-bond acceptors (Lipinski definition) is 6. The normalized spacial score (nSPS) is 10.8. The van der Waals surface area contributed by atoms with Crippen molar-refractivity contribution in [1.29, 1.82) is 0 Å². The standard InChI is InChI=1S/C24H18N6O2/c1-32-20-7-3-5-18(15-20)24(31)26-19-6-2-4-17(14-19)21-8-9-22-27-28-23(30(22)29-21)16-10-12-25-13-11-16/h2-15H,1H3,(H,26,31). The van der Waals surface area contributed by atoms with E-state index in [1.807, 2.05) is 48.5 Å². The number of anilines is 1. The Labute approximate surface area is 183 Å². The number of carbonyl (C=O) groups excluding carboxylic acids is 1. The van der Waals surface area contributed by atoms with Gasteiger partial charge in [0.05, 0.1) is 12.8 Å². The summed E-state index contributed by atoms with van der Waals surface area (Å²) in [4.78, 5) is 16.7. The van der Waals surface area contributed by atoms with Crippen molar-refractivity contribution in [2.75, 3.05) is 12.4 Å². The molecule has 0 bridgehead atoms. The Kier molecular flexibility index (Phi) is 5.01. The van der Waals surface area contributed by atoms with Crippen molar-refractivity contribution >= 4 is 17.2 Å². The van der Waals surface area contributed by atoms with Gasteiger partial charge in [-0.05, 0) is 54.6 Å². The minimum absolute atomic E-state index is 0.219. The first-order chi connectivity index (χ1) is 15.7. The van der Waals surface area contributed by atoms with Gasteiger partial charge in [-0.15, -0.1) is 10.2 Å². The van der Waals surface area contributed by atoms with Crippen molar-refractivity contribution in [1.82, 2.24) is 24.8 Å². The summed E-state index contributed by atoms with van der Waals surface area (Å²) in [6.07, 6.45) is 3.41. The first-order valence-electron chi connectivity index (χ1n) is 9.90. The van der Waals surface area contributed by atoms with Gasteiger partial charge in [0, 0.05) is 34.8 Å². The van der Waals surface area contributed by atoms with Crippen LogP contribution in [0.1, 0.15) is 10.4 Å². The van der Waals surface area contributed by atoms with Gasteiger partial charge in [0.1, 0.15) is 5.75 Å². The zero-order chi connectivity index (χ0) is 21.9. The van der Waals surface area contributed by atoms with Gasteiger partial charge in [-0.3, -0.25) is 9.78 Å². The molecule has 3 aromatic heterocycles. The number of carbonyl (C=O) groups is 1. The van der Waals surface area contributed by atoms with Gasteiger partial charge in [-0.2, -0.15) is 9.61 Å². The molecule has 156 valence electrons. The number of fused-ring (bicyclic) bond motifs is 1. The number of amides is 1. The lowest BCUT2D eigenvalue weighted by Crippen LogP contribution is -2.11. The van der Waals surface area contributed by atoms with Crippen LogP contribution in [0.3, 0.4) is 0 Å². The molecule has 1 N–H and O–H groups in total. The van der Waals surface area contributed by atoms with E-state index < -0.39 is 0 Å². The highest BCUT2D eigenvalue weighted by atomic mass is 16.5. The van der Waals surface area contributed by atoms with E-state index in [1.54, 1.807) is 48.3 Å². The molecular weight excluding hydrogens is 404 g/mol. The largest absolute Gasteiger partial charge is 0.497 e. The summed E-state index contributed by atoms with van der Waals surface area (Å²) >= 11 is 0. The van der Waals surface area contributed by atoms with E-state index in [0.717, 1.165) is 16.8 Å². The first-order valence-corrected chi connectivity index (χ1v) is 9.90. The van der Waals surface area contributed by atoms with Gasteiger partial charge >= 0.3 is 0 Å². The molecule has 32 heavy (non-hydrogen) atoms. The fraction of sp³-hybridized carbons (Fsp3) is 0.0417. The number of methoxy groups -OCH3 is 1. The van der Waals surface area contributed by atoms with Crippen LogP contribution in [0.25, 0.3) is 28.3 Å². The van der Waals surface area contributed by atoms with Crippen LogP contribution in [0, 0.1) is 0 Å². The number of ether oxygens (including phenoxy) is 1. The molecule has 0 spiro atoms. The lowest BCUT2D eigenvalue weighted by Gasteiger charge is -2.09. The summed E-state index contributed by atoms with van der Waals surface area (Å²) in [5.74, 6) is 1.04. The average Bonchev–Trinajstić information content (AvgIpc) is 3.28. The Morgan fingerprint density at radius 1 is 0.906 bits per heavy atom. The summed E-state index contributed by atoms with van der Waals surface area (Å²) in [5, 5.41) is 16.1. The van der Waals surface area contributed by atoms with E-state index in [-0.39, 0.29) is 5.91 Å². The van der Waals surface area contributed by atoms with Crippen molar-refractivity contribution < 1.29 is 9.53 Å². The fourth-order valence-electron chi connectivity index (χ4n) is 3.35. The monoisotopic (exact) mass is 422 g/mol. The van der Waals surface area contributed by atoms with Crippen molar-refractivity contribution in [3.05, 3.63) is 90.8 Å². The second-order valence-electron chi connectivity index (χ2n) is 7.01. The second kappa shape index (κ2) is 8.27. The third-order valence-electron chi connectivity index (χ3n) is 4.95. The average molecular weight is 422 g/mol. The topological polar surface area (TPSA) is 94.3 Å². The Hall–Kier alpha value is -4.59. The maximum Gasteiger partial charge on any atom is 0.255 e. The SMILES string of the molecule is COc1cccc(C(=O)Nc2cccc(-c3ccc4nnc(-c5ccncc5)n4n3)c2)c1. The molecule has 5 rings (SSSR count). The van der Waals surface area contributed by atoms with Gasteiger partial charge in [0.15, 0.2) is 11.5 Å². The molecular formula is C24H18N6O2. The summed E-state index contributed by atoms with van der Waals surface area (Å²) in [7, 11) is 1.57. The molecule has 0 aliphatic rings. The molecule has 8 nitrogen and oxygen atoms in total. The molecule has 0 radical (unpaired) electrons. The predicted octanol–water partition coefficient (Wildman–Crippen LogP) is 4.11. The Balaban J connectivity index is 1.45. The highest BCUT2D eigenvalue weighted by molar-refractivity contribution is 6.04. The zero-order valence-electron chi connectivity index (χ0n) is 17.1. The van der Waals surface area contributed by atoms with E-state index in [0.29, 0.717) is 28.5 Å². The van der Waals surface area contributed by atoms with Crippen molar-refractivity contribution in [2.45, 2.75) is 0 Å². The summed E-state index contributed by atoms with van der Waals surface area (Å²) in [6, 6.07) is 22.0. The van der Waals surface area contributed by atoms with Crippen LogP contribution in [-0.2, 0) is 0 Å². The quantitative estimate of drug-likeness (QED) is 0.458. The van der Waals surface area contributed by atoms with E-state index in [9.17, 15) is 4.79 Å². The van der Waals surface area contributed by atoms with E-state index in [2.05, 4.69) is 20.5 Å². The summed E-state index contributed by atoms with van der Waals surface area (Å²) in [5.41, 5.74) is 4.27. The number of pyridine rings is 1. The molecule has 0 saturated heterocycles. The molecule has 0 saturated carbocycles. The minimum atomic E-state index is -0.219. The third-order valence-corrected chi connectivity index (χ3v) is 4.95. The van der Waals surface area contributed by atoms with E-state index in [1.165, 1.54) is 0 Å². The Morgan fingerprint density at radius 2 is 1.75 bits per heavy atom. The van der Waals surface area contributed by atoms with Crippen molar-refractivity contribution in [2.24, 2.45) is 0 Å². The number of aromatic nitrogens is 5. The number of nitrogens with one attached hydrogen (secondary N) is 1. The van der Waals surface area contributed by atoms with Crippen molar-refractivity contribution in [3.63, 3.8) is 0 Å². The molecule has 3 heterocycles. The van der Waals surface area contributed by atoms with Crippen LogP contribution in [0.15, 0.2) is 85.2 Å². The van der Waals surface area contributed by atoms with Crippen LogP contribution < -0.4 is 10.1 Å². The van der Waals surface area contributed by atoms with Crippen LogP contribution >= 0.6 is 0 Å². The molecule has 2 aromatic carbocycles. The third kappa shape index (κ3) is 3.77. The zero-order valence-corrected chi connectivity index (χ0v) is 17.1. The molecule has 0 atom stereocenters. The lowest BCUT2D eigenvalue weighted by molar-refractivity contribution is 0.102. The highest BCUT2D eigenvalue weighted by Crippen LogP contribution is 2.24. The van der Waals surface area contributed by atoms with Gasteiger partial charge < -0.3 is 10.1 Å². The van der Waals surface area contributed by atoms with Crippen LogP contribution in [0.4, 0.5) is 5.69 Å². The smallest absolute Gasteiger partial charge is 0.255 e. The molecule has 5 aromatic rings. The first kappa shape index (κ1) is 19.4. The molecule has 0 unspecified atom stereocenters. The van der Waals surface area contributed by atoms with E-state index in [4.69, 9.17) is 9.84 Å². The highest BCUT2D eigenvalue weighted by Gasteiger charge is 2.12. The molecule has 1 amide bonds.